The van der Waals surface area contributed by atoms with Crippen molar-refractivity contribution in [3.05, 3.63) is 64.2 Å². The van der Waals surface area contributed by atoms with Crippen molar-refractivity contribution in [2.75, 3.05) is 14.1 Å². The molecule has 0 bridgehead atoms. The Morgan fingerprint density at radius 3 is 2.64 bits per heavy atom. The first kappa shape index (κ1) is 17.9. The third-order valence-electron chi connectivity index (χ3n) is 4.40. The van der Waals surface area contributed by atoms with Crippen molar-refractivity contribution in [1.29, 1.82) is 0 Å². The lowest BCUT2D eigenvalue weighted by Gasteiger charge is -2.16. The van der Waals surface area contributed by atoms with Crippen LogP contribution >= 0.6 is 11.6 Å². The maximum absolute atomic E-state index is 12.7. The molecule has 132 valence electrons. The minimum absolute atomic E-state index is 0.0406. The molecule has 3 rings (SSSR count). The van der Waals surface area contributed by atoms with Gasteiger partial charge in [0.25, 0.3) is 5.91 Å². The van der Waals surface area contributed by atoms with Crippen molar-refractivity contribution in [2.45, 2.75) is 23.8 Å². The molecule has 25 heavy (non-hydrogen) atoms. The minimum atomic E-state index is -3.63. The molecule has 1 aliphatic carbocycles. The zero-order chi connectivity index (χ0) is 18.2. The predicted molar refractivity (Wildman–Crippen MR) is 97.3 cm³/mol. The first-order chi connectivity index (χ1) is 11.8. The number of fused-ring (bicyclic) bond motifs is 1. The van der Waals surface area contributed by atoms with E-state index >= 15 is 0 Å². The normalized spacial score (nSPS) is 16.7. The summed E-state index contributed by atoms with van der Waals surface area (Å²) in [4.78, 5) is 12.7. The van der Waals surface area contributed by atoms with Crippen LogP contribution in [0.15, 0.2) is 47.4 Å². The third-order valence-corrected chi connectivity index (χ3v) is 6.54. The zero-order valence-corrected chi connectivity index (χ0v) is 15.6. The van der Waals surface area contributed by atoms with E-state index < -0.39 is 10.0 Å². The van der Waals surface area contributed by atoms with E-state index in [-0.39, 0.29) is 27.4 Å². The fraction of sp³-hybridized carbons (Fsp3) is 0.278. The second kappa shape index (κ2) is 6.78. The number of aryl methyl sites for hydroxylation is 1. The zero-order valence-electron chi connectivity index (χ0n) is 14.0. The van der Waals surface area contributed by atoms with Gasteiger partial charge in [0.1, 0.15) is 0 Å². The Bertz CT molecular complexity index is 926. The highest BCUT2D eigenvalue weighted by atomic mass is 35.5. The number of halogens is 1. The SMILES string of the molecule is CN(C)S(=O)(=O)c1ccc(Cl)c(C(=O)NC2CCc3ccccc32)c1. The first-order valence-corrected chi connectivity index (χ1v) is 9.73. The van der Waals surface area contributed by atoms with Gasteiger partial charge < -0.3 is 5.32 Å². The number of amides is 1. The van der Waals surface area contributed by atoms with Gasteiger partial charge in [-0.25, -0.2) is 12.7 Å². The second-order valence-corrected chi connectivity index (χ2v) is 8.75. The number of nitrogens with zero attached hydrogens (tertiary/aromatic N) is 1. The molecule has 0 aliphatic heterocycles. The van der Waals surface area contributed by atoms with E-state index in [0.717, 1.165) is 22.7 Å². The van der Waals surface area contributed by atoms with Gasteiger partial charge in [-0.05, 0) is 42.2 Å². The Labute approximate surface area is 152 Å². The van der Waals surface area contributed by atoms with Gasteiger partial charge in [-0.15, -0.1) is 0 Å². The van der Waals surface area contributed by atoms with Gasteiger partial charge in [0.2, 0.25) is 10.0 Å². The average molecular weight is 379 g/mol. The lowest BCUT2D eigenvalue weighted by Crippen LogP contribution is -2.28. The van der Waals surface area contributed by atoms with Gasteiger partial charge >= 0.3 is 0 Å². The number of nitrogens with one attached hydrogen (secondary N) is 1. The lowest BCUT2D eigenvalue weighted by molar-refractivity contribution is 0.0936. The Morgan fingerprint density at radius 1 is 1.20 bits per heavy atom. The van der Waals surface area contributed by atoms with Crippen molar-refractivity contribution in [1.82, 2.24) is 9.62 Å². The van der Waals surface area contributed by atoms with E-state index in [1.165, 1.54) is 37.9 Å². The van der Waals surface area contributed by atoms with Crippen molar-refractivity contribution < 1.29 is 13.2 Å². The van der Waals surface area contributed by atoms with Crippen LogP contribution in [0, 0.1) is 0 Å². The summed E-state index contributed by atoms with van der Waals surface area (Å²) in [5.41, 5.74) is 2.49. The quantitative estimate of drug-likeness (QED) is 0.889. The molecule has 5 nitrogen and oxygen atoms in total. The molecule has 1 amide bonds. The van der Waals surface area contributed by atoms with E-state index in [1.54, 1.807) is 0 Å². The van der Waals surface area contributed by atoms with Crippen LogP contribution < -0.4 is 5.32 Å². The second-order valence-electron chi connectivity index (χ2n) is 6.19. The van der Waals surface area contributed by atoms with E-state index in [2.05, 4.69) is 11.4 Å². The molecule has 0 saturated heterocycles. The summed E-state index contributed by atoms with van der Waals surface area (Å²) in [6.07, 6.45) is 1.72. The molecule has 0 heterocycles. The maximum atomic E-state index is 12.7. The van der Waals surface area contributed by atoms with E-state index in [1.807, 2.05) is 18.2 Å². The van der Waals surface area contributed by atoms with Crippen LogP contribution in [-0.4, -0.2) is 32.7 Å². The summed E-state index contributed by atoms with van der Waals surface area (Å²) in [6, 6.07) is 12.1. The highest BCUT2D eigenvalue weighted by Crippen LogP contribution is 2.31. The first-order valence-electron chi connectivity index (χ1n) is 7.91. The Hall–Kier alpha value is -1.89. The Morgan fingerprint density at radius 2 is 1.92 bits per heavy atom. The monoisotopic (exact) mass is 378 g/mol. The highest BCUT2D eigenvalue weighted by molar-refractivity contribution is 7.89. The van der Waals surface area contributed by atoms with Gasteiger partial charge in [0, 0.05) is 14.1 Å². The fourth-order valence-corrected chi connectivity index (χ4v) is 4.12. The van der Waals surface area contributed by atoms with E-state index in [0.29, 0.717) is 0 Å². The molecule has 0 saturated carbocycles. The average Bonchev–Trinajstić information content (AvgIpc) is 2.98. The highest BCUT2D eigenvalue weighted by Gasteiger charge is 2.26. The van der Waals surface area contributed by atoms with Crippen LogP contribution in [0.3, 0.4) is 0 Å². The van der Waals surface area contributed by atoms with Gasteiger partial charge in [0.05, 0.1) is 21.5 Å². The largest absolute Gasteiger partial charge is 0.345 e. The predicted octanol–water partition coefficient (Wildman–Crippen LogP) is 3.01. The molecule has 0 radical (unpaired) electrons. The van der Waals surface area contributed by atoms with Crippen LogP contribution in [0.5, 0.6) is 0 Å². The van der Waals surface area contributed by atoms with Gasteiger partial charge in [0.15, 0.2) is 0 Å². The molecule has 7 heteroatoms. The van der Waals surface area contributed by atoms with Crippen LogP contribution in [0.4, 0.5) is 0 Å². The summed E-state index contributed by atoms with van der Waals surface area (Å²) in [7, 11) is -0.744. The molecule has 0 aromatic heterocycles. The molecule has 1 atom stereocenters. The number of hydrogen-bond donors (Lipinski definition) is 1. The van der Waals surface area contributed by atoms with Crippen molar-refractivity contribution >= 4 is 27.5 Å². The smallest absolute Gasteiger partial charge is 0.253 e. The van der Waals surface area contributed by atoms with Crippen molar-refractivity contribution in [3.63, 3.8) is 0 Å². The summed E-state index contributed by atoms with van der Waals surface area (Å²) < 4.78 is 25.7. The summed E-state index contributed by atoms with van der Waals surface area (Å²) in [6.45, 7) is 0. The number of benzene rings is 2. The van der Waals surface area contributed by atoms with Crippen LogP contribution in [-0.2, 0) is 16.4 Å². The van der Waals surface area contributed by atoms with E-state index in [4.69, 9.17) is 11.6 Å². The van der Waals surface area contributed by atoms with Gasteiger partial charge in [-0.3, -0.25) is 4.79 Å². The third kappa shape index (κ3) is 3.42. The minimum Gasteiger partial charge on any atom is -0.345 e. The topological polar surface area (TPSA) is 66.5 Å². The summed E-state index contributed by atoms with van der Waals surface area (Å²) in [5.74, 6) is -0.373. The Balaban J connectivity index is 1.88. The fourth-order valence-electron chi connectivity index (χ4n) is 2.99. The van der Waals surface area contributed by atoms with Gasteiger partial charge in [-0.1, -0.05) is 35.9 Å². The number of sulfonamides is 1. The molecular formula is C18H19ClN2O3S. The van der Waals surface area contributed by atoms with Crippen molar-refractivity contribution in [3.8, 4) is 0 Å². The van der Waals surface area contributed by atoms with E-state index in [9.17, 15) is 13.2 Å². The summed E-state index contributed by atoms with van der Waals surface area (Å²) in [5, 5.41) is 3.19. The molecule has 1 N–H and O–H groups in total. The molecule has 0 fully saturated rings. The number of carbonyl (C=O) groups is 1. The molecular weight excluding hydrogens is 360 g/mol. The molecule has 0 spiro atoms. The van der Waals surface area contributed by atoms with Crippen LogP contribution in [0.25, 0.3) is 0 Å². The molecule has 1 aliphatic rings. The van der Waals surface area contributed by atoms with Gasteiger partial charge in [-0.2, -0.15) is 0 Å². The number of carbonyl (C=O) groups excluding carboxylic acids is 1. The molecule has 2 aromatic rings. The molecule has 2 aromatic carbocycles. The Kier molecular flexibility index (Phi) is 4.86. The maximum Gasteiger partial charge on any atom is 0.253 e. The lowest BCUT2D eigenvalue weighted by atomic mass is 10.1. The van der Waals surface area contributed by atoms with Crippen LogP contribution in [0.2, 0.25) is 5.02 Å². The molecule has 1 unspecified atom stereocenters. The van der Waals surface area contributed by atoms with Crippen molar-refractivity contribution in [2.24, 2.45) is 0 Å². The number of hydrogen-bond acceptors (Lipinski definition) is 3. The number of rotatable bonds is 4. The summed E-state index contributed by atoms with van der Waals surface area (Å²) >= 11 is 6.14. The standard InChI is InChI=1S/C18H19ClN2O3S/c1-21(2)25(23,24)13-8-9-16(19)15(11-13)18(22)20-17-10-7-12-5-3-4-6-14(12)17/h3-6,8-9,11,17H,7,10H2,1-2H3,(H,20,22). The van der Waals surface area contributed by atoms with Crippen LogP contribution in [0.1, 0.15) is 33.9 Å².